The number of nitrogens with one attached hydrogen (secondary N) is 1. The topological polar surface area (TPSA) is 58.0 Å². The molecule has 1 aromatic carbocycles. The predicted molar refractivity (Wildman–Crippen MR) is 83.5 cm³/mol. The van der Waals surface area contributed by atoms with Gasteiger partial charge in [-0.3, -0.25) is 0 Å². The lowest BCUT2D eigenvalue weighted by molar-refractivity contribution is 0.0715. The SMILES string of the molecule is CC(C)c1nsc(NCC(C)(O)c2cccc(Cl)c2)n1. The number of rotatable bonds is 5. The Hall–Kier alpha value is -1.17. The number of hydrogen-bond donors (Lipinski definition) is 2. The van der Waals surface area contributed by atoms with Crippen LogP contribution in [0.25, 0.3) is 0 Å². The summed E-state index contributed by atoms with van der Waals surface area (Å²) in [5.74, 6) is 1.12. The van der Waals surface area contributed by atoms with E-state index in [0.717, 1.165) is 16.5 Å². The van der Waals surface area contributed by atoms with E-state index in [1.165, 1.54) is 11.5 Å². The Bertz CT molecular complexity index is 583. The molecule has 1 aromatic heterocycles. The second-order valence-corrected chi connectivity index (χ2v) is 6.44. The molecule has 0 saturated carbocycles. The van der Waals surface area contributed by atoms with Gasteiger partial charge in [-0.1, -0.05) is 37.6 Å². The third-order valence-electron chi connectivity index (χ3n) is 2.99. The Balaban J connectivity index is 2.04. The maximum atomic E-state index is 10.5. The number of anilines is 1. The fourth-order valence-electron chi connectivity index (χ4n) is 1.71. The van der Waals surface area contributed by atoms with E-state index in [0.29, 0.717) is 17.5 Å². The van der Waals surface area contributed by atoms with E-state index >= 15 is 0 Å². The molecule has 1 atom stereocenters. The molecule has 1 unspecified atom stereocenters. The van der Waals surface area contributed by atoms with Gasteiger partial charge in [0.25, 0.3) is 0 Å². The summed E-state index contributed by atoms with van der Waals surface area (Å²) < 4.78 is 4.27. The van der Waals surface area contributed by atoms with Gasteiger partial charge in [0.15, 0.2) is 0 Å². The van der Waals surface area contributed by atoms with Crippen LogP contribution in [0.5, 0.6) is 0 Å². The van der Waals surface area contributed by atoms with E-state index in [9.17, 15) is 5.11 Å². The van der Waals surface area contributed by atoms with Crippen LogP contribution in [0.4, 0.5) is 5.13 Å². The van der Waals surface area contributed by atoms with Crippen LogP contribution >= 0.6 is 23.1 Å². The summed E-state index contributed by atoms with van der Waals surface area (Å²) >= 11 is 7.26. The minimum atomic E-state index is -1.02. The van der Waals surface area contributed by atoms with Crippen LogP contribution < -0.4 is 5.32 Å². The molecule has 2 N–H and O–H groups in total. The van der Waals surface area contributed by atoms with Crippen LogP contribution in [-0.2, 0) is 5.60 Å². The quantitative estimate of drug-likeness (QED) is 0.885. The molecule has 108 valence electrons. The average Bonchev–Trinajstić information content (AvgIpc) is 2.85. The van der Waals surface area contributed by atoms with Gasteiger partial charge in [0.1, 0.15) is 11.4 Å². The van der Waals surface area contributed by atoms with E-state index in [1.54, 1.807) is 19.1 Å². The van der Waals surface area contributed by atoms with Crippen molar-refractivity contribution < 1.29 is 5.11 Å². The van der Waals surface area contributed by atoms with Crippen molar-refractivity contribution in [3.8, 4) is 0 Å². The molecule has 0 aliphatic heterocycles. The largest absolute Gasteiger partial charge is 0.384 e. The summed E-state index contributed by atoms with van der Waals surface area (Å²) in [6.45, 7) is 6.19. The lowest BCUT2D eigenvalue weighted by Crippen LogP contribution is -2.30. The third kappa shape index (κ3) is 3.69. The van der Waals surface area contributed by atoms with Crippen LogP contribution in [-0.4, -0.2) is 21.0 Å². The lowest BCUT2D eigenvalue weighted by Gasteiger charge is -2.24. The normalized spacial score (nSPS) is 14.3. The average molecular weight is 312 g/mol. The first-order valence-corrected chi connectivity index (χ1v) is 7.59. The molecule has 0 radical (unpaired) electrons. The van der Waals surface area contributed by atoms with Crippen LogP contribution in [0.3, 0.4) is 0 Å². The maximum absolute atomic E-state index is 10.5. The van der Waals surface area contributed by atoms with Gasteiger partial charge in [0.2, 0.25) is 5.13 Å². The minimum absolute atomic E-state index is 0.301. The van der Waals surface area contributed by atoms with Crippen molar-refractivity contribution in [2.24, 2.45) is 0 Å². The molecule has 0 fully saturated rings. The molecule has 20 heavy (non-hydrogen) atoms. The highest BCUT2D eigenvalue weighted by atomic mass is 35.5. The van der Waals surface area contributed by atoms with E-state index in [4.69, 9.17) is 11.6 Å². The highest BCUT2D eigenvalue weighted by molar-refractivity contribution is 7.09. The van der Waals surface area contributed by atoms with E-state index < -0.39 is 5.60 Å². The predicted octanol–water partition coefficient (Wildman–Crippen LogP) is 3.63. The standard InChI is InChI=1S/C14H18ClN3OS/c1-9(2)12-17-13(20-18-12)16-8-14(3,19)10-5-4-6-11(15)7-10/h4-7,9,19H,8H2,1-3H3,(H,16,17,18). The zero-order chi connectivity index (χ0) is 14.8. The number of halogens is 1. The van der Waals surface area contributed by atoms with Crippen LogP contribution in [0.2, 0.25) is 5.02 Å². The monoisotopic (exact) mass is 311 g/mol. The van der Waals surface area contributed by atoms with Gasteiger partial charge < -0.3 is 10.4 Å². The van der Waals surface area contributed by atoms with Crippen LogP contribution in [0.15, 0.2) is 24.3 Å². The van der Waals surface area contributed by atoms with Crippen molar-refractivity contribution >= 4 is 28.3 Å². The number of aromatic nitrogens is 2. The Labute approximate surface area is 128 Å². The van der Waals surface area contributed by atoms with E-state index in [1.807, 2.05) is 26.0 Å². The van der Waals surface area contributed by atoms with Crippen molar-refractivity contribution in [2.75, 3.05) is 11.9 Å². The molecule has 0 spiro atoms. The summed E-state index contributed by atoms with van der Waals surface area (Å²) in [6.07, 6.45) is 0. The Morgan fingerprint density at radius 3 is 2.80 bits per heavy atom. The summed E-state index contributed by atoms with van der Waals surface area (Å²) in [5.41, 5.74) is -0.250. The highest BCUT2D eigenvalue weighted by Crippen LogP contribution is 2.25. The minimum Gasteiger partial charge on any atom is -0.384 e. The molecule has 4 nitrogen and oxygen atoms in total. The van der Waals surface area contributed by atoms with E-state index in [-0.39, 0.29) is 0 Å². The van der Waals surface area contributed by atoms with Crippen molar-refractivity contribution in [3.05, 3.63) is 40.7 Å². The molecule has 6 heteroatoms. The first-order valence-electron chi connectivity index (χ1n) is 6.44. The highest BCUT2D eigenvalue weighted by Gasteiger charge is 2.23. The van der Waals surface area contributed by atoms with Gasteiger partial charge in [-0.25, -0.2) is 4.98 Å². The molecule has 0 aliphatic carbocycles. The molecular weight excluding hydrogens is 294 g/mol. The summed E-state index contributed by atoms with van der Waals surface area (Å²) in [7, 11) is 0. The summed E-state index contributed by atoms with van der Waals surface area (Å²) in [6, 6.07) is 7.23. The fraction of sp³-hybridized carbons (Fsp3) is 0.429. The molecular formula is C14H18ClN3OS. The number of nitrogens with zero attached hydrogens (tertiary/aromatic N) is 2. The molecule has 0 bridgehead atoms. The summed E-state index contributed by atoms with van der Waals surface area (Å²) in [5, 5.41) is 15.0. The van der Waals surface area contributed by atoms with Crippen molar-refractivity contribution in [1.29, 1.82) is 0 Å². The zero-order valence-corrected chi connectivity index (χ0v) is 13.3. The van der Waals surface area contributed by atoms with Gasteiger partial charge in [0.05, 0.1) is 0 Å². The Morgan fingerprint density at radius 2 is 2.20 bits per heavy atom. The molecule has 0 amide bonds. The molecule has 2 aromatic rings. The van der Waals surface area contributed by atoms with Gasteiger partial charge >= 0.3 is 0 Å². The van der Waals surface area contributed by atoms with Crippen LogP contribution in [0, 0.1) is 0 Å². The number of aliphatic hydroxyl groups is 1. The second-order valence-electron chi connectivity index (χ2n) is 5.25. The van der Waals surface area contributed by atoms with Crippen molar-refractivity contribution in [2.45, 2.75) is 32.3 Å². The first-order chi connectivity index (χ1) is 9.38. The number of hydrogen-bond acceptors (Lipinski definition) is 5. The van der Waals surface area contributed by atoms with Gasteiger partial charge in [0, 0.05) is 29.0 Å². The fourth-order valence-corrected chi connectivity index (χ4v) is 2.61. The Kier molecular flexibility index (Phi) is 4.62. The first kappa shape index (κ1) is 15.2. The Morgan fingerprint density at radius 1 is 1.45 bits per heavy atom. The van der Waals surface area contributed by atoms with Crippen molar-refractivity contribution in [3.63, 3.8) is 0 Å². The van der Waals surface area contributed by atoms with Crippen molar-refractivity contribution in [1.82, 2.24) is 9.36 Å². The molecule has 1 heterocycles. The maximum Gasteiger partial charge on any atom is 0.202 e. The second kappa shape index (κ2) is 6.08. The third-order valence-corrected chi connectivity index (χ3v) is 3.91. The summed E-state index contributed by atoms with van der Waals surface area (Å²) in [4.78, 5) is 4.38. The smallest absolute Gasteiger partial charge is 0.202 e. The lowest BCUT2D eigenvalue weighted by atomic mass is 9.96. The number of benzene rings is 1. The zero-order valence-electron chi connectivity index (χ0n) is 11.7. The van der Waals surface area contributed by atoms with Gasteiger partial charge in [-0.2, -0.15) is 4.37 Å². The van der Waals surface area contributed by atoms with Crippen LogP contribution in [0.1, 0.15) is 38.1 Å². The van der Waals surface area contributed by atoms with E-state index in [2.05, 4.69) is 14.7 Å². The molecule has 2 rings (SSSR count). The van der Waals surface area contributed by atoms with Gasteiger partial charge in [-0.15, -0.1) is 0 Å². The van der Waals surface area contributed by atoms with Gasteiger partial charge in [-0.05, 0) is 24.6 Å². The molecule has 0 saturated heterocycles. The molecule has 0 aliphatic rings.